The third-order valence-corrected chi connectivity index (χ3v) is 4.82. The summed E-state index contributed by atoms with van der Waals surface area (Å²) >= 11 is 0. The Bertz CT molecular complexity index is 300. The summed E-state index contributed by atoms with van der Waals surface area (Å²) < 4.78 is 0. The monoisotopic (exact) mass is 418 g/mol. The quantitative estimate of drug-likeness (QED) is 0.256. The van der Waals surface area contributed by atoms with Crippen LogP contribution in [0.15, 0.2) is 0 Å². The zero-order valence-electron chi connectivity index (χ0n) is 21.7. The van der Waals surface area contributed by atoms with Gasteiger partial charge in [-0.05, 0) is 58.8 Å². The number of aliphatic hydroxyl groups excluding tert-OH is 1. The number of unbranched alkanes of at least 4 members (excludes halogenated alkanes) is 5. The van der Waals surface area contributed by atoms with Crippen molar-refractivity contribution in [2.75, 3.05) is 6.61 Å². The molecule has 1 unspecified atom stereocenters. The van der Waals surface area contributed by atoms with Crippen LogP contribution in [0.25, 0.3) is 0 Å². The molecule has 0 rings (SSSR count). The summed E-state index contributed by atoms with van der Waals surface area (Å²) in [6.07, 6.45) is 14.2. The summed E-state index contributed by atoms with van der Waals surface area (Å²) in [4.78, 5) is 0. The second kappa shape index (κ2) is 21.1. The van der Waals surface area contributed by atoms with E-state index in [9.17, 15) is 10.2 Å². The molecule has 0 aliphatic carbocycles. The van der Waals surface area contributed by atoms with E-state index in [1.54, 1.807) is 0 Å². The molecule has 29 heavy (non-hydrogen) atoms. The van der Waals surface area contributed by atoms with Crippen LogP contribution in [0.3, 0.4) is 0 Å². The number of hydrogen-bond acceptors (Lipinski definition) is 3. The topological polar surface area (TPSA) is 60.7 Å². The van der Waals surface area contributed by atoms with Crippen molar-refractivity contribution in [3.05, 3.63) is 0 Å². The first-order chi connectivity index (χ1) is 13.3. The largest absolute Gasteiger partial charge is 0.396 e. The van der Waals surface area contributed by atoms with Gasteiger partial charge in [0.05, 0.1) is 11.2 Å². The van der Waals surface area contributed by atoms with E-state index < -0.39 is 11.2 Å². The molecule has 0 heterocycles. The molecule has 1 atom stereocenters. The number of aliphatic hydroxyl groups is 3. The Kier molecular flexibility index (Phi) is 24.4. The molecule has 0 radical (unpaired) electrons. The molecule has 180 valence electrons. The van der Waals surface area contributed by atoms with E-state index in [4.69, 9.17) is 5.11 Å². The Morgan fingerprint density at radius 2 is 1.03 bits per heavy atom. The summed E-state index contributed by atoms with van der Waals surface area (Å²) in [5.41, 5.74) is -0.900. The minimum atomic E-state index is -0.451. The fourth-order valence-corrected chi connectivity index (χ4v) is 2.76. The zero-order chi connectivity index (χ0) is 23.3. The van der Waals surface area contributed by atoms with E-state index in [1.807, 2.05) is 27.7 Å². The van der Waals surface area contributed by atoms with Gasteiger partial charge in [-0.3, -0.25) is 0 Å². The third kappa shape index (κ3) is 42.8. The first kappa shape index (κ1) is 33.5. The van der Waals surface area contributed by atoms with Crippen LogP contribution in [0.4, 0.5) is 0 Å². The van der Waals surface area contributed by atoms with Crippen molar-refractivity contribution in [2.45, 2.75) is 151 Å². The average Bonchev–Trinajstić information content (AvgIpc) is 2.58. The van der Waals surface area contributed by atoms with E-state index in [0.29, 0.717) is 12.5 Å². The Hall–Kier alpha value is -0.120. The minimum absolute atomic E-state index is 0.345. The van der Waals surface area contributed by atoms with Gasteiger partial charge in [0.25, 0.3) is 0 Å². The van der Waals surface area contributed by atoms with Crippen LogP contribution in [-0.4, -0.2) is 33.1 Å². The summed E-state index contributed by atoms with van der Waals surface area (Å²) in [6.45, 7) is 18.8. The smallest absolute Gasteiger partial charge is 0.0591 e. The molecule has 3 nitrogen and oxygen atoms in total. The van der Waals surface area contributed by atoms with Crippen molar-refractivity contribution in [2.24, 2.45) is 11.8 Å². The molecule has 0 aliphatic rings. The SMILES string of the molecule is CC(C)CCCC(C)CO.CCCCCC(C)(C)O.CCCCCCC(C)(C)O. The van der Waals surface area contributed by atoms with Gasteiger partial charge in [0, 0.05) is 6.61 Å². The lowest BCUT2D eigenvalue weighted by Crippen LogP contribution is -2.17. The van der Waals surface area contributed by atoms with E-state index in [-0.39, 0.29) is 0 Å². The summed E-state index contributed by atoms with van der Waals surface area (Å²) in [5.74, 6) is 1.31. The molecule has 3 heteroatoms. The van der Waals surface area contributed by atoms with Crippen LogP contribution in [0.2, 0.25) is 0 Å². The lowest BCUT2D eigenvalue weighted by atomic mass is 10.0. The molecule has 3 N–H and O–H groups in total. The minimum Gasteiger partial charge on any atom is -0.396 e. The van der Waals surface area contributed by atoms with Crippen molar-refractivity contribution in [1.82, 2.24) is 0 Å². The standard InChI is InChI=1S/2C9H20O.C8H18O/c1-8(2)5-4-6-9(3)7-10;1-4-5-6-7-8-9(2,3)10;1-4-5-6-7-8(2,3)9/h8-10H,4-7H2,1-3H3;10H,4-8H2,1-3H3;9H,4-7H2,1-3H3. The van der Waals surface area contributed by atoms with Gasteiger partial charge in [0.1, 0.15) is 0 Å². The van der Waals surface area contributed by atoms with Crippen molar-refractivity contribution >= 4 is 0 Å². The van der Waals surface area contributed by atoms with Gasteiger partial charge >= 0.3 is 0 Å². The van der Waals surface area contributed by atoms with Crippen LogP contribution >= 0.6 is 0 Å². The normalized spacial score (nSPS) is 12.7. The molecule has 0 amide bonds. The predicted molar refractivity (Wildman–Crippen MR) is 130 cm³/mol. The van der Waals surface area contributed by atoms with Crippen LogP contribution in [0.1, 0.15) is 139 Å². The fourth-order valence-electron chi connectivity index (χ4n) is 2.76. The first-order valence-corrected chi connectivity index (χ1v) is 12.3. The van der Waals surface area contributed by atoms with Gasteiger partial charge in [-0.2, -0.15) is 0 Å². The Morgan fingerprint density at radius 1 is 0.621 bits per heavy atom. The molecule has 0 aromatic carbocycles. The van der Waals surface area contributed by atoms with E-state index >= 15 is 0 Å². The van der Waals surface area contributed by atoms with Crippen LogP contribution in [-0.2, 0) is 0 Å². The second-order valence-electron chi connectivity index (χ2n) is 10.5. The molecule has 0 saturated heterocycles. The summed E-state index contributed by atoms with van der Waals surface area (Å²) in [7, 11) is 0. The second-order valence-corrected chi connectivity index (χ2v) is 10.5. The highest BCUT2D eigenvalue weighted by Crippen LogP contribution is 2.14. The van der Waals surface area contributed by atoms with E-state index in [0.717, 1.165) is 31.6 Å². The lowest BCUT2D eigenvalue weighted by molar-refractivity contribution is 0.0675. The van der Waals surface area contributed by atoms with Crippen molar-refractivity contribution < 1.29 is 15.3 Å². The number of rotatable bonds is 14. The predicted octanol–water partition coefficient (Wildman–Crippen LogP) is 7.51. The molecular formula is C26H58O3. The first-order valence-electron chi connectivity index (χ1n) is 12.3. The molecule has 0 aromatic heterocycles. The maximum atomic E-state index is 9.32. The van der Waals surface area contributed by atoms with Crippen LogP contribution < -0.4 is 0 Å². The molecule has 0 saturated carbocycles. The van der Waals surface area contributed by atoms with Gasteiger partial charge in [-0.25, -0.2) is 0 Å². The Labute approximate surface area is 184 Å². The molecule has 0 bridgehead atoms. The summed E-state index contributed by atoms with van der Waals surface area (Å²) in [6, 6.07) is 0. The molecule has 0 fully saturated rings. The Morgan fingerprint density at radius 3 is 1.38 bits per heavy atom. The molecule has 0 spiro atoms. The maximum Gasteiger partial charge on any atom is 0.0591 e. The molecular weight excluding hydrogens is 360 g/mol. The average molecular weight is 419 g/mol. The highest BCUT2D eigenvalue weighted by molar-refractivity contribution is 4.64. The van der Waals surface area contributed by atoms with Crippen LogP contribution in [0, 0.1) is 11.8 Å². The van der Waals surface area contributed by atoms with Gasteiger partial charge in [0.2, 0.25) is 0 Å². The summed E-state index contributed by atoms with van der Waals surface area (Å²) in [5, 5.41) is 27.3. The maximum absolute atomic E-state index is 9.32. The van der Waals surface area contributed by atoms with Gasteiger partial charge in [-0.15, -0.1) is 0 Å². The highest BCUT2D eigenvalue weighted by atomic mass is 16.3. The van der Waals surface area contributed by atoms with Crippen molar-refractivity contribution in [3.63, 3.8) is 0 Å². The van der Waals surface area contributed by atoms with Gasteiger partial charge in [0.15, 0.2) is 0 Å². The Balaban J connectivity index is -0.000000350. The van der Waals surface area contributed by atoms with Gasteiger partial charge in [-0.1, -0.05) is 92.4 Å². The highest BCUT2D eigenvalue weighted by Gasteiger charge is 2.10. The van der Waals surface area contributed by atoms with E-state index in [2.05, 4.69) is 34.6 Å². The third-order valence-electron chi connectivity index (χ3n) is 4.82. The molecule has 0 aromatic rings. The fraction of sp³-hybridized carbons (Fsp3) is 1.00. The molecule has 0 aliphatic heterocycles. The zero-order valence-corrected chi connectivity index (χ0v) is 21.7. The van der Waals surface area contributed by atoms with E-state index in [1.165, 1.54) is 51.4 Å². The van der Waals surface area contributed by atoms with Crippen molar-refractivity contribution in [3.8, 4) is 0 Å². The lowest BCUT2D eigenvalue weighted by Gasteiger charge is -2.15. The van der Waals surface area contributed by atoms with Crippen molar-refractivity contribution in [1.29, 1.82) is 0 Å². The van der Waals surface area contributed by atoms with Gasteiger partial charge < -0.3 is 15.3 Å². The van der Waals surface area contributed by atoms with Crippen LogP contribution in [0.5, 0.6) is 0 Å². The number of hydrogen-bond donors (Lipinski definition) is 3.